The highest BCUT2D eigenvalue weighted by Gasteiger charge is 2.26. The Balaban J connectivity index is 1.62. The Morgan fingerprint density at radius 3 is 2.58 bits per heavy atom. The van der Waals surface area contributed by atoms with Crippen molar-refractivity contribution in [3.63, 3.8) is 0 Å². The number of amides is 1. The van der Waals surface area contributed by atoms with Crippen LogP contribution in [0.2, 0.25) is 0 Å². The normalized spacial score (nSPS) is 19.7. The summed E-state index contributed by atoms with van der Waals surface area (Å²) in [7, 11) is 1.52. The summed E-state index contributed by atoms with van der Waals surface area (Å²) < 4.78 is 13.2. The van der Waals surface area contributed by atoms with E-state index in [0.29, 0.717) is 24.8 Å². The predicted molar refractivity (Wildman–Crippen MR) is 124 cm³/mol. The van der Waals surface area contributed by atoms with Gasteiger partial charge in [-0.3, -0.25) is 4.90 Å². The monoisotopic (exact) mass is 452 g/mol. The number of nitrogens with zero attached hydrogens (tertiary/aromatic N) is 6. The molecule has 4 heterocycles. The lowest BCUT2D eigenvalue weighted by Gasteiger charge is -2.33. The van der Waals surface area contributed by atoms with E-state index in [1.165, 1.54) is 11.9 Å². The van der Waals surface area contributed by atoms with E-state index >= 15 is 0 Å². The maximum absolute atomic E-state index is 11.3. The number of anilines is 2. The Bertz CT molecular complexity index is 1140. The van der Waals surface area contributed by atoms with E-state index in [1.54, 1.807) is 12.1 Å². The lowest BCUT2D eigenvalue weighted by atomic mass is 10.1. The second-order valence-electron chi connectivity index (χ2n) is 8.55. The summed E-state index contributed by atoms with van der Waals surface area (Å²) in [6, 6.07) is 7.77. The van der Waals surface area contributed by atoms with Crippen molar-refractivity contribution in [1.82, 2.24) is 19.7 Å². The molecule has 2 aromatic heterocycles. The van der Waals surface area contributed by atoms with Crippen LogP contribution in [0.15, 0.2) is 30.5 Å². The molecular weight excluding hydrogens is 424 g/mol. The number of rotatable bonds is 4. The van der Waals surface area contributed by atoms with Crippen LogP contribution in [-0.4, -0.2) is 77.0 Å². The first-order valence-electron chi connectivity index (χ1n) is 11.3. The van der Waals surface area contributed by atoms with Crippen LogP contribution < -0.4 is 9.80 Å². The van der Waals surface area contributed by atoms with Crippen molar-refractivity contribution in [2.75, 3.05) is 49.8 Å². The van der Waals surface area contributed by atoms with Crippen LogP contribution in [0.1, 0.15) is 25.8 Å². The van der Waals surface area contributed by atoms with Crippen molar-refractivity contribution < 1.29 is 19.4 Å². The molecule has 0 saturated carbocycles. The molecule has 10 heteroatoms. The minimum atomic E-state index is -1.01. The fraction of sp³-hybridized carbons (Fsp3) is 0.478. The number of carboxylic acid groups (broad SMARTS) is 1. The molecular formula is C23H28N6O4. The Labute approximate surface area is 191 Å². The SMILES string of the molecule is C[C@@H]1COCCN1c1nc(-c2ccc(N(C)C(=O)O)cc2)c2cnn(C3CCOCC3)c2n1. The number of fused-ring (bicyclic) bond motifs is 1. The van der Waals surface area contributed by atoms with E-state index in [4.69, 9.17) is 24.5 Å². The summed E-state index contributed by atoms with van der Waals surface area (Å²) in [4.78, 5) is 24.6. The Morgan fingerprint density at radius 1 is 1.12 bits per heavy atom. The van der Waals surface area contributed by atoms with Gasteiger partial charge in [-0.05, 0) is 31.9 Å². The first-order chi connectivity index (χ1) is 16.0. The van der Waals surface area contributed by atoms with Gasteiger partial charge in [-0.15, -0.1) is 0 Å². The summed E-state index contributed by atoms with van der Waals surface area (Å²) in [5, 5.41) is 14.9. The molecule has 0 aliphatic carbocycles. The Hall–Kier alpha value is -3.24. The van der Waals surface area contributed by atoms with E-state index in [-0.39, 0.29) is 12.1 Å². The standard InChI is InChI=1S/C23H28N6O4/c1-15-14-33-12-9-28(15)22-25-20(16-3-5-17(6-4-16)27(2)23(30)31)19-13-24-29(21(19)26-22)18-7-10-32-11-8-18/h3-6,13,15,18H,7-12,14H2,1-2H3,(H,30,31)/t15-/m1/s1. The quantitative estimate of drug-likeness (QED) is 0.643. The highest BCUT2D eigenvalue weighted by Crippen LogP contribution is 2.33. The third-order valence-corrected chi connectivity index (χ3v) is 6.42. The fourth-order valence-corrected chi connectivity index (χ4v) is 4.44. The Morgan fingerprint density at radius 2 is 1.88 bits per heavy atom. The van der Waals surface area contributed by atoms with Crippen LogP contribution >= 0.6 is 0 Å². The molecule has 2 aliphatic heterocycles. The van der Waals surface area contributed by atoms with E-state index in [0.717, 1.165) is 54.9 Å². The number of ether oxygens (including phenoxy) is 2. The number of hydrogen-bond donors (Lipinski definition) is 1. The molecule has 1 N–H and O–H groups in total. The number of carbonyl (C=O) groups is 1. The van der Waals surface area contributed by atoms with Crippen LogP contribution in [0.5, 0.6) is 0 Å². The van der Waals surface area contributed by atoms with Crippen molar-refractivity contribution in [1.29, 1.82) is 0 Å². The molecule has 5 rings (SSSR count). The zero-order chi connectivity index (χ0) is 22.9. The van der Waals surface area contributed by atoms with Crippen molar-refractivity contribution in [3.05, 3.63) is 30.5 Å². The van der Waals surface area contributed by atoms with Crippen molar-refractivity contribution in [2.24, 2.45) is 0 Å². The lowest BCUT2D eigenvalue weighted by molar-refractivity contribution is 0.0673. The van der Waals surface area contributed by atoms with Gasteiger partial charge < -0.3 is 19.5 Å². The van der Waals surface area contributed by atoms with E-state index in [9.17, 15) is 9.90 Å². The van der Waals surface area contributed by atoms with Gasteiger partial charge in [-0.2, -0.15) is 10.1 Å². The fourth-order valence-electron chi connectivity index (χ4n) is 4.44. The summed E-state index contributed by atoms with van der Waals surface area (Å²) in [5.41, 5.74) is 3.08. The van der Waals surface area contributed by atoms with Crippen LogP contribution in [0, 0.1) is 0 Å². The average molecular weight is 453 g/mol. The minimum Gasteiger partial charge on any atom is -0.465 e. The first-order valence-corrected chi connectivity index (χ1v) is 11.3. The number of hydrogen-bond acceptors (Lipinski definition) is 7. The van der Waals surface area contributed by atoms with Gasteiger partial charge in [0, 0.05) is 38.1 Å². The molecule has 0 radical (unpaired) electrons. The third-order valence-electron chi connectivity index (χ3n) is 6.42. The molecule has 1 aromatic carbocycles. The third kappa shape index (κ3) is 4.11. The van der Waals surface area contributed by atoms with Gasteiger partial charge in [0.05, 0.1) is 42.6 Å². The van der Waals surface area contributed by atoms with Gasteiger partial charge in [0.1, 0.15) is 0 Å². The molecule has 3 aromatic rings. The van der Waals surface area contributed by atoms with Crippen LogP contribution in [0.4, 0.5) is 16.4 Å². The number of aromatic nitrogens is 4. The molecule has 10 nitrogen and oxygen atoms in total. The maximum Gasteiger partial charge on any atom is 0.411 e. The topological polar surface area (TPSA) is 106 Å². The molecule has 174 valence electrons. The van der Waals surface area contributed by atoms with Crippen LogP contribution in [0.3, 0.4) is 0 Å². The predicted octanol–water partition coefficient (Wildman–Crippen LogP) is 3.18. The second-order valence-corrected chi connectivity index (χ2v) is 8.55. The van der Waals surface area contributed by atoms with Gasteiger partial charge in [0.25, 0.3) is 0 Å². The molecule has 2 aliphatic rings. The van der Waals surface area contributed by atoms with E-state index in [2.05, 4.69) is 11.8 Å². The van der Waals surface area contributed by atoms with Gasteiger partial charge >= 0.3 is 6.09 Å². The molecule has 33 heavy (non-hydrogen) atoms. The van der Waals surface area contributed by atoms with Crippen molar-refractivity contribution >= 4 is 28.8 Å². The summed E-state index contributed by atoms with van der Waals surface area (Å²) in [5.74, 6) is 0.661. The maximum atomic E-state index is 11.3. The molecule has 1 amide bonds. The van der Waals surface area contributed by atoms with Crippen molar-refractivity contribution in [2.45, 2.75) is 31.8 Å². The molecule has 0 unspecified atom stereocenters. The first kappa shape index (κ1) is 21.6. The second kappa shape index (κ2) is 8.95. The number of benzene rings is 1. The Kier molecular flexibility index (Phi) is 5.86. The lowest BCUT2D eigenvalue weighted by Crippen LogP contribution is -2.44. The molecule has 0 spiro atoms. The van der Waals surface area contributed by atoms with Gasteiger partial charge in [0.2, 0.25) is 5.95 Å². The molecule has 2 fully saturated rings. The summed E-state index contributed by atoms with van der Waals surface area (Å²) >= 11 is 0. The number of morpholine rings is 1. The van der Waals surface area contributed by atoms with E-state index in [1.807, 2.05) is 23.0 Å². The summed E-state index contributed by atoms with van der Waals surface area (Å²) in [6.45, 7) is 5.53. The smallest absolute Gasteiger partial charge is 0.411 e. The zero-order valence-corrected chi connectivity index (χ0v) is 18.8. The average Bonchev–Trinajstić information content (AvgIpc) is 3.28. The zero-order valence-electron chi connectivity index (χ0n) is 18.8. The van der Waals surface area contributed by atoms with Crippen molar-refractivity contribution in [3.8, 4) is 11.3 Å². The van der Waals surface area contributed by atoms with Gasteiger partial charge in [-0.25, -0.2) is 14.5 Å². The minimum absolute atomic E-state index is 0.162. The van der Waals surface area contributed by atoms with Crippen LogP contribution in [-0.2, 0) is 9.47 Å². The van der Waals surface area contributed by atoms with Gasteiger partial charge in [-0.1, -0.05) is 12.1 Å². The molecule has 1 atom stereocenters. The highest BCUT2D eigenvalue weighted by atomic mass is 16.5. The van der Waals surface area contributed by atoms with Crippen LogP contribution in [0.25, 0.3) is 22.3 Å². The highest BCUT2D eigenvalue weighted by molar-refractivity contribution is 5.92. The molecule has 2 saturated heterocycles. The summed E-state index contributed by atoms with van der Waals surface area (Å²) in [6.07, 6.45) is 2.63. The largest absolute Gasteiger partial charge is 0.465 e. The van der Waals surface area contributed by atoms with E-state index < -0.39 is 6.09 Å². The molecule has 0 bridgehead atoms. The van der Waals surface area contributed by atoms with Gasteiger partial charge in [0.15, 0.2) is 5.65 Å².